The summed E-state index contributed by atoms with van der Waals surface area (Å²) in [5.41, 5.74) is 3.48. The number of halogens is 1. The van der Waals surface area contributed by atoms with Crippen molar-refractivity contribution in [2.45, 2.75) is 0 Å². The Bertz CT molecular complexity index is 735. The van der Waals surface area contributed by atoms with Crippen LogP contribution in [-0.4, -0.2) is 18.6 Å². The van der Waals surface area contributed by atoms with Crippen LogP contribution in [0.5, 0.6) is 5.75 Å². The number of para-hydroxylation sites is 1. The average molecular weight is 297 g/mol. The van der Waals surface area contributed by atoms with E-state index in [0.29, 0.717) is 5.90 Å². The van der Waals surface area contributed by atoms with Crippen LogP contribution in [0.25, 0.3) is 11.3 Å². The summed E-state index contributed by atoms with van der Waals surface area (Å²) in [6.07, 6.45) is 0. The second kappa shape index (κ2) is 5.94. The molecule has 0 aliphatic carbocycles. The second-order valence-corrected chi connectivity index (χ2v) is 4.67. The molecule has 0 spiro atoms. The lowest BCUT2D eigenvalue weighted by atomic mass is 10.0. The molecule has 3 rings (SSSR count). The van der Waals surface area contributed by atoms with Gasteiger partial charge in [-0.3, -0.25) is 4.99 Å². The van der Waals surface area contributed by atoms with Crippen LogP contribution in [0.2, 0.25) is 0 Å². The van der Waals surface area contributed by atoms with Crippen LogP contribution in [0, 0.1) is 0 Å². The standard InChI is InChI=1S/C17H13ClN2O/c1-19-16(12-7-3-2-4-8-12)15-13-9-5-6-10-14(13)21-17(15)20-11-18/h2-10H,1,11H2/b16-15-,20-17+. The Kier molecular flexibility index (Phi) is 3.84. The van der Waals surface area contributed by atoms with Crippen molar-refractivity contribution in [2.24, 2.45) is 9.98 Å². The zero-order valence-corrected chi connectivity index (χ0v) is 12.0. The molecule has 104 valence electrons. The van der Waals surface area contributed by atoms with Crippen LogP contribution in [0.4, 0.5) is 0 Å². The lowest BCUT2D eigenvalue weighted by Crippen LogP contribution is -2.04. The lowest BCUT2D eigenvalue weighted by molar-refractivity contribution is 0.569. The van der Waals surface area contributed by atoms with E-state index in [1.54, 1.807) is 0 Å². The summed E-state index contributed by atoms with van der Waals surface area (Å²) < 4.78 is 5.78. The fourth-order valence-corrected chi connectivity index (χ4v) is 2.45. The first-order valence-electron chi connectivity index (χ1n) is 6.49. The van der Waals surface area contributed by atoms with Gasteiger partial charge in [-0.2, -0.15) is 0 Å². The van der Waals surface area contributed by atoms with Gasteiger partial charge in [0.05, 0.1) is 11.3 Å². The van der Waals surface area contributed by atoms with Gasteiger partial charge in [0.25, 0.3) is 0 Å². The van der Waals surface area contributed by atoms with Crippen LogP contribution < -0.4 is 4.74 Å². The highest BCUT2D eigenvalue weighted by Crippen LogP contribution is 2.39. The molecule has 3 nitrogen and oxygen atoms in total. The summed E-state index contributed by atoms with van der Waals surface area (Å²) in [5, 5.41) is 0. The SMILES string of the molecule is C=N/C(=C1\C(=N/CCl)Oc2ccccc21)c1ccccc1. The number of hydrogen-bond donors (Lipinski definition) is 0. The summed E-state index contributed by atoms with van der Waals surface area (Å²) in [6.45, 7) is 3.70. The van der Waals surface area contributed by atoms with Crippen molar-refractivity contribution in [1.82, 2.24) is 0 Å². The summed E-state index contributed by atoms with van der Waals surface area (Å²) >= 11 is 5.75. The van der Waals surface area contributed by atoms with Crippen LogP contribution in [0.15, 0.2) is 64.6 Å². The number of alkyl halides is 1. The Morgan fingerprint density at radius 1 is 1.05 bits per heavy atom. The van der Waals surface area contributed by atoms with E-state index in [4.69, 9.17) is 16.3 Å². The van der Waals surface area contributed by atoms with Gasteiger partial charge in [-0.1, -0.05) is 48.5 Å². The average Bonchev–Trinajstić information content (AvgIpc) is 2.88. The van der Waals surface area contributed by atoms with Gasteiger partial charge >= 0.3 is 0 Å². The van der Waals surface area contributed by atoms with Crippen molar-refractivity contribution >= 4 is 35.5 Å². The fourth-order valence-electron chi connectivity index (χ4n) is 2.34. The van der Waals surface area contributed by atoms with E-state index in [9.17, 15) is 0 Å². The molecule has 0 N–H and O–H groups in total. The zero-order chi connectivity index (χ0) is 14.7. The van der Waals surface area contributed by atoms with Gasteiger partial charge in [-0.15, -0.1) is 11.6 Å². The molecule has 0 unspecified atom stereocenters. The summed E-state index contributed by atoms with van der Waals surface area (Å²) in [4.78, 5) is 8.43. The second-order valence-electron chi connectivity index (χ2n) is 4.43. The number of aliphatic imine (C=N–C) groups is 2. The van der Waals surface area contributed by atoms with Gasteiger partial charge in [0.1, 0.15) is 11.8 Å². The number of ether oxygens (including phenoxy) is 1. The van der Waals surface area contributed by atoms with Crippen molar-refractivity contribution in [1.29, 1.82) is 0 Å². The smallest absolute Gasteiger partial charge is 0.226 e. The first-order valence-corrected chi connectivity index (χ1v) is 7.03. The minimum Gasteiger partial charge on any atom is -0.438 e. The number of benzene rings is 2. The van der Waals surface area contributed by atoms with E-state index >= 15 is 0 Å². The maximum absolute atomic E-state index is 5.78. The Hall–Kier alpha value is -2.39. The Labute approximate surface area is 128 Å². The van der Waals surface area contributed by atoms with Gasteiger partial charge < -0.3 is 4.74 Å². The minimum atomic E-state index is 0.131. The maximum atomic E-state index is 5.78. The molecule has 0 atom stereocenters. The first kappa shape index (κ1) is 13.6. The van der Waals surface area contributed by atoms with Crippen LogP contribution in [0.3, 0.4) is 0 Å². The molecule has 2 aromatic carbocycles. The van der Waals surface area contributed by atoms with Gasteiger partial charge in [0, 0.05) is 11.1 Å². The first-order chi connectivity index (χ1) is 10.3. The largest absolute Gasteiger partial charge is 0.438 e. The predicted molar refractivity (Wildman–Crippen MR) is 88.0 cm³/mol. The molecule has 0 radical (unpaired) electrons. The van der Waals surface area contributed by atoms with Crippen molar-refractivity contribution in [3.8, 4) is 5.75 Å². The molecular weight excluding hydrogens is 284 g/mol. The molecule has 1 aliphatic rings. The van der Waals surface area contributed by atoms with E-state index in [-0.39, 0.29) is 6.00 Å². The van der Waals surface area contributed by atoms with Gasteiger partial charge in [0.2, 0.25) is 5.90 Å². The topological polar surface area (TPSA) is 34.0 Å². The molecule has 0 amide bonds. The maximum Gasteiger partial charge on any atom is 0.226 e. The highest BCUT2D eigenvalue weighted by atomic mass is 35.5. The molecule has 1 heterocycles. The monoisotopic (exact) mass is 296 g/mol. The molecule has 0 bridgehead atoms. The number of hydrogen-bond acceptors (Lipinski definition) is 3. The van der Waals surface area contributed by atoms with Gasteiger partial charge in [0.15, 0.2) is 0 Å². The van der Waals surface area contributed by atoms with E-state index in [0.717, 1.165) is 28.1 Å². The Balaban J connectivity index is 2.27. The summed E-state index contributed by atoms with van der Waals surface area (Å²) in [6, 6.07) is 17.7. The van der Waals surface area contributed by atoms with Gasteiger partial charge in [-0.25, -0.2) is 4.99 Å². The summed E-state index contributed by atoms with van der Waals surface area (Å²) in [5.74, 6) is 1.24. The van der Waals surface area contributed by atoms with Crippen LogP contribution in [-0.2, 0) is 0 Å². The third kappa shape index (κ3) is 2.48. The molecule has 2 aromatic rings. The van der Waals surface area contributed by atoms with E-state index < -0.39 is 0 Å². The molecule has 0 saturated heterocycles. The highest BCUT2D eigenvalue weighted by Gasteiger charge is 2.28. The third-order valence-electron chi connectivity index (χ3n) is 3.22. The van der Waals surface area contributed by atoms with Crippen molar-refractivity contribution in [3.63, 3.8) is 0 Å². The van der Waals surface area contributed by atoms with E-state index in [2.05, 4.69) is 16.7 Å². The Morgan fingerprint density at radius 2 is 1.76 bits per heavy atom. The van der Waals surface area contributed by atoms with Crippen molar-refractivity contribution in [2.75, 3.05) is 6.00 Å². The lowest BCUT2D eigenvalue weighted by Gasteiger charge is -2.06. The number of fused-ring (bicyclic) bond motifs is 1. The zero-order valence-electron chi connectivity index (χ0n) is 11.3. The van der Waals surface area contributed by atoms with E-state index in [1.165, 1.54) is 0 Å². The number of nitrogens with zero attached hydrogens (tertiary/aromatic N) is 2. The van der Waals surface area contributed by atoms with Crippen molar-refractivity contribution < 1.29 is 4.74 Å². The normalized spacial score (nSPS) is 17.3. The molecule has 4 heteroatoms. The predicted octanol–water partition coefficient (Wildman–Crippen LogP) is 4.24. The number of rotatable bonds is 3. The highest BCUT2D eigenvalue weighted by molar-refractivity contribution is 6.31. The van der Waals surface area contributed by atoms with Crippen LogP contribution >= 0.6 is 11.6 Å². The van der Waals surface area contributed by atoms with E-state index in [1.807, 2.05) is 54.6 Å². The fraction of sp³-hybridized carbons (Fsp3) is 0.0588. The quantitative estimate of drug-likeness (QED) is 0.474. The molecule has 0 saturated carbocycles. The molecule has 0 fully saturated rings. The van der Waals surface area contributed by atoms with Gasteiger partial charge in [-0.05, 0) is 12.8 Å². The van der Waals surface area contributed by atoms with Crippen LogP contribution in [0.1, 0.15) is 11.1 Å². The van der Waals surface area contributed by atoms with Crippen molar-refractivity contribution in [3.05, 3.63) is 65.7 Å². The molecular formula is C17H13ClN2O. The molecule has 0 aromatic heterocycles. The summed E-state index contributed by atoms with van der Waals surface area (Å²) in [7, 11) is 0. The minimum absolute atomic E-state index is 0.131. The molecule has 21 heavy (non-hydrogen) atoms. The molecule has 1 aliphatic heterocycles. The third-order valence-corrected chi connectivity index (χ3v) is 3.34. The Morgan fingerprint density at radius 3 is 2.48 bits per heavy atom.